The van der Waals surface area contributed by atoms with Crippen molar-refractivity contribution in [2.24, 2.45) is 5.92 Å². The van der Waals surface area contributed by atoms with E-state index in [2.05, 4.69) is 5.32 Å². The molecule has 2 aliphatic rings. The molecule has 0 saturated carbocycles. The minimum Gasteiger partial charge on any atom is -0.353 e. The van der Waals surface area contributed by atoms with Gasteiger partial charge in [0.1, 0.15) is 0 Å². The number of amides is 3. The molecule has 1 aromatic carbocycles. The van der Waals surface area contributed by atoms with Crippen LogP contribution in [-0.4, -0.2) is 59.2 Å². The second-order valence-electron chi connectivity index (χ2n) is 7.74. The zero-order chi connectivity index (χ0) is 20.4. The third-order valence-electron chi connectivity index (χ3n) is 5.44. The molecule has 1 unspecified atom stereocenters. The van der Waals surface area contributed by atoms with Gasteiger partial charge in [-0.2, -0.15) is 0 Å². The van der Waals surface area contributed by atoms with Gasteiger partial charge in [0.15, 0.2) is 0 Å². The van der Waals surface area contributed by atoms with Crippen molar-refractivity contribution >= 4 is 40.9 Å². The van der Waals surface area contributed by atoms with Crippen LogP contribution in [0, 0.1) is 5.92 Å². The predicted octanol–water partition coefficient (Wildman–Crippen LogP) is 2.97. The molecular weight excluding hydrogens is 401 g/mol. The molecule has 2 fully saturated rings. The third kappa shape index (κ3) is 4.61. The number of halogens is 2. The van der Waals surface area contributed by atoms with Crippen molar-refractivity contribution in [2.75, 3.05) is 19.6 Å². The molecule has 0 aromatic heterocycles. The zero-order valence-electron chi connectivity index (χ0n) is 16.1. The van der Waals surface area contributed by atoms with Crippen LogP contribution in [0.4, 0.5) is 0 Å². The highest BCUT2D eigenvalue weighted by Crippen LogP contribution is 2.24. The van der Waals surface area contributed by atoms with Gasteiger partial charge in [-0.1, -0.05) is 23.2 Å². The minimum atomic E-state index is -0.289. The van der Waals surface area contributed by atoms with Crippen LogP contribution in [0.2, 0.25) is 10.0 Å². The first-order valence-corrected chi connectivity index (χ1v) is 10.4. The van der Waals surface area contributed by atoms with E-state index >= 15 is 0 Å². The summed E-state index contributed by atoms with van der Waals surface area (Å²) in [4.78, 5) is 40.7. The Labute approximate surface area is 175 Å². The molecule has 3 rings (SSSR count). The summed E-state index contributed by atoms with van der Waals surface area (Å²) in [6, 6.07) is 4.97. The van der Waals surface area contributed by atoms with E-state index in [1.807, 2.05) is 13.8 Å². The predicted molar refractivity (Wildman–Crippen MR) is 108 cm³/mol. The molecule has 28 heavy (non-hydrogen) atoms. The van der Waals surface area contributed by atoms with E-state index < -0.39 is 0 Å². The van der Waals surface area contributed by atoms with Gasteiger partial charge < -0.3 is 15.1 Å². The average Bonchev–Trinajstić information content (AvgIpc) is 3.04. The molecule has 2 heterocycles. The van der Waals surface area contributed by atoms with E-state index in [0.29, 0.717) is 48.1 Å². The van der Waals surface area contributed by atoms with Gasteiger partial charge in [0.2, 0.25) is 11.8 Å². The quantitative estimate of drug-likeness (QED) is 0.805. The normalized spacial score (nSPS) is 20.8. The highest BCUT2D eigenvalue weighted by molar-refractivity contribution is 6.36. The van der Waals surface area contributed by atoms with Crippen molar-refractivity contribution in [3.63, 3.8) is 0 Å². The van der Waals surface area contributed by atoms with E-state index in [1.165, 1.54) is 0 Å². The highest BCUT2D eigenvalue weighted by Gasteiger charge is 2.36. The molecule has 8 heteroatoms. The van der Waals surface area contributed by atoms with E-state index in [0.717, 1.165) is 0 Å². The summed E-state index contributed by atoms with van der Waals surface area (Å²) < 4.78 is 0. The number of nitrogens with one attached hydrogen (secondary N) is 1. The number of benzene rings is 1. The summed E-state index contributed by atoms with van der Waals surface area (Å²) in [5, 5.41) is 3.89. The Balaban J connectivity index is 1.51. The van der Waals surface area contributed by atoms with Gasteiger partial charge >= 0.3 is 0 Å². The van der Waals surface area contributed by atoms with Crippen molar-refractivity contribution in [2.45, 2.75) is 45.2 Å². The molecule has 152 valence electrons. The Morgan fingerprint density at radius 1 is 1.18 bits per heavy atom. The lowest BCUT2D eigenvalue weighted by Crippen LogP contribution is -2.48. The van der Waals surface area contributed by atoms with Crippen LogP contribution >= 0.6 is 23.2 Å². The van der Waals surface area contributed by atoms with E-state index in [4.69, 9.17) is 23.2 Å². The van der Waals surface area contributed by atoms with Crippen molar-refractivity contribution in [1.29, 1.82) is 0 Å². The van der Waals surface area contributed by atoms with Gasteiger partial charge in [0.25, 0.3) is 5.91 Å². The van der Waals surface area contributed by atoms with Crippen molar-refractivity contribution in [3.8, 4) is 0 Å². The molecule has 0 aliphatic carbocycles. The monoisotopic (exact) mass is 425 g/mol. The van der Waals surface area contributed by atoms with Gasteiger partial charge in [0.05, 0.1) is 16.5 Å². The molecular formula is C20H25Cl2N3O3. The Hall–Kier alpha value is -1.79. The molecule has 1 atom stereocenters. The molecule has 3 amide bonds. The third-order valence-corrected chi connectivity index (χ3v) is 5.99. The Morgan fingerprint density at radius 3 is 2.43 bits per heavy atom. The maximum atomic E-state index is 12.7. The maximum Gasteiger partial charge on any atom is 0.255 e. The second kappa shape index (κ2) is 8.70. The fraction of sp³-hybridized carbons (Fsp3) is 0.550. The van der Waals surface area contributed by atoms with Crippen LogP contribution in [0.25, 0.3) is 0 Å². The summed E-state index contributed by atoms with van der Waals surface area (Å²) in [6.07, 6.45) is 1.63. The smallest absolute Gasteiger partial charge is 0.255 e. The van der Waals surface area contributed by atoms with E-state index in [1.54, 1.807) is 28.0 Å². The lowest BCUT2D eigenvalue weighted by molar-refractivity contribution is -0.130. The summed E-state index contributed by atoms with van der Waals surface area (Å²) in [5.74, 6) is -0.444. The number of hydrogen-bond acceptors (Lipinski definition) is 3. The van der Waals surface area contributed by atoms with Gasteiger partial charge in [-0.15, -0.1) is 0 Å². The Kier molecular flexibility index (Phi) is 6.50. The first-order valence-electron chi connectivity index (χ1n) is 9.60. The second-order valence-corrected chi connectivity index (χ2v) is 8.58. The standard InChI is InChI=1S/C20H25Cl2N3O3/c1-12(2)25-11-13(9-18(25)26)19(27)23-15-5-7-24(8-6-15)20(28)16-4-3-14(21)10-17(16)22/h3-4,10,12-13,15H,5-9,11H2,1-2H3,(H,23,27). The molecule has 0 bridgehead atoms. The number of rotatable bonds is 4. The fourth-order valence-electron chi connectivity index (χ4n) is 3.79. The molecule has 2 saturated heterocycles. The lowest BCUT2D eigenvalue weighted by atomic mass is 10.0. The lowest BCUT2D eigenvalue weighted by Gasteiger charge is -2.33. The maximum absolute atomic E-state index is 12.7. The molecule has 1 aromatic rings. The molecule has 0 spiro atoms. The summed E-state index contributed by atoms with van der Waals surface area (Å²) >= 11 is 12.0. The van der Waals surface area contributed by atoms with E-state index in [9.17, 15) is 14.4 Å². The van der Waals surface area contributed by atoms with Gasteiger partial charge in [-0.25, -0.2) is 0 Å². The topological polar surface area (TPSA) is 69.7 Å². The minimum absolute atomic E-state index is 0.0143. The first kappa shape index (κ1) is 20.9. The largest absolute Gasteiger partial charge is 0.353 e. The highest BCUT2D eigenvalue weighted by atomic mass is 35.5. The molecule has 0 radical (unpaired) electrons. The number of carbonyl (C=O) groups excluding carboxylic acids is 3. The van der Waals surface area contributed by atoms with Crippen LogP contribution in [-0.2, 0) is 9.59 Å². The van der Waals surface area contributed by atoms with Crippen LogP contribution in [0.1, 0.15) is 43.5 Å². The number of carbonyl (C=O) groups is 3. The SMILES string of the molecule is CC(C)N1CC(C(=O)NC2CCN(C(=O)c3ccc(Cl)cc3Cl)CC2)CC1=O. The van der Waals surface area contributed by atoms with Crippen LogP contribution < -0.4 is 5.32 Å². The van der Waals surface area contributed by atoms with Crippen molar-refractivity contribution in [3.05, 3.63) is 33.8 Å². The number of likely N-dealkylation sites (tertiary alicyclic amines) is 2. The zero-order valence-corrected chi connectivity index (χ0v) is 17.6. The van der Waals surface area contributed by atoms with Crippen LogP contribution in [0.3, 0.4) is 0 Å². The molecule has 6 nitrogen and oxygen atoms in total. The summed E-state index contributed by atoms with van der Waals surface area (Å²) in [5.41, 5.74) is 0.437. The Bertz CT molecular complexity index is 776. The Morgan fingerprint density at radius 2 is 1.86 bits per heavy atom. The van der Waals surface area contributed by atoms with Crippen molar-refractivity contribution < 1.29 is 14.4 Å². The van der Waals surface area contributed by atoms with Gasteiger partial charge in [-0.3, -0.25) is 14.4 Å². The number of hydrogen-bond donors (Lipinski definition) is 1. The van der Waals surface area contributed by atoms with Crippen molar-refractivity contribution in [1.82, 2.24) is 15.1 Å². The van der Waals surface area contributed by atoms with Gasteiger partial charge in [-0.05, 0) is 44.9 Å². The summed E-state index contributed by atoms with van der Waals surface area (Å²) in [6.45, 7) is 5.49. The van der Waals surface area contributed by atoms with Gasteiger partial charge in [0, 0.05) is 43.2 Å². The molecule has 1 N–H and O–H groups in total. The first-order chi connectivity index (χ1) is 13.3. The summed E-state index contributed by atoms with van der Waals surface area (Å²) in [7, 11) is 0. The number of piperidine rings is 1. The van der Waals surface area contributed by atoms with Crippen LogP contribution in [0.15, 0.2) is 18.2 Å². The van der Waals surface area contributed by atoms with Crippen LogP contribution in [0.5, 0.6) is 0 Å². The van der Waals surface area contributed by atoms with E-state index in [-0.39, 0.29) is 42.1 Å². The molecule has 2 aliphatic heterocycles. The number of nitrogens with zero attached hydrogens (tertiary/aromatic N) is 2. The fourth-order valence-corrected chi connectivity index (χ4v) is 4.27. The average molecular weight is 426 g/mol.